The zero-order valence-corrected chi connectivity index (χ0v) is 19.2. The number of thiocarbonyl (C=S) groups is 1. The molecule has 0 amide bonds. The van der Waals surface area contributed by atoms with E-state index in [-0.39, 0.29) is 0 Å². The van der Waals surface area contributed by atoms with E-state index in [1.807, 2.05) is 0 Å². The summed E-state index contributed by atoms with van der Waals surface area (Å²) in [4.78, 5) is 14.4. The van der Waals surface area contributed by atoms with Gasteiger partial charge in [-0.25, -0.2) is 0 Å². The van der Waals surface area contributed by atoms with Gasteiger partial charge in [-0.1, -0.05) is 33.1 Å². The number of ether oxygens (including phenoxy) is 1. The molecule has 0 spiro atoms. The highest BCUT2D eigenvalue weighted by atomic mass is 32.1. The molecule has 0 aromatic carbocycles. The summed E-state index contributed by atoms with van der Waals surface area (Å²) >= 11 is 5.60. The van der Waals surface area contributed by atoms with Crippen LogP contribution in [0.1, 0.15) is 52.4 Å². The summed E-state index contributed by atoms with van der Waals surface area (Å²) in [7, 11) is 0. The molecule has 2 atom stereocenters. The van der Waals surface area contributed by atoms with E-state index in [2.05, 4.69) is 40.3 Å². The standard InChI is InChI=1S/C22H36N6OS/c1-16-12-17(2)15-28(14-16)20-13-19(27-8-10-29-11-9-27)24-21(25-20)26-22(30)23-18-6-4-3-5-7-18/h13,16-18H,3-12,14-15H2,1-2H3,(H2,23,24,25,26,30)/t16-,17-/m1/s1. The molecular weight excluding hydrogens is 396 g/mol. The molecule has 8 heteroatoms. The van der Waals surface area contributed by atoms with Gasteiger partial charge >= 0.3 is 0 Å². The summed E-state index contributed by atoms with van der Waals surface area (Å²) < 4.78 is 5.53. The Morgan fingerprint density at radius 2 is 1.63 bits per heavy atom. The lowest BCUT2D eigenvalue weighted by Crippen LogP contribution is -2.41. The third-order valence-electron chi connectivity index (χ3n) is 6.39. The molecule has 0 bridgehead atoms. The zero-order valence-electron chi connectivity index (χ0n) is 18.4. The van der Waals surface area contributed by atoms with Crippen molar-refractivity contribution in [3.63, 3.8) is 0 Å². The minimum atomic E-state index is 0.462. The van der Waals surface area contributed by atoms with Crippen LogP contribution in [0.3, 0.4) is 0 Å². The lowest BCUT2D eigenvalue weighted by molar-refractivity contribution is 0.122. The van der Waals surface area contributed by atoms with Crippen LogP contribution < -0.4 is 20.4 Å². The molecule has 30 heavy (non-hydrogen) atoms. The zero-order chi connectivity index (χ0) is 20.9. The molecule has 1 aromatic rings. The van der Waals surface area contributed by atoms with Crippen LogP contribution in [0.4, 0.5) is 17.6 Å². The van der Waals surface area contributed by atoms with Crippen LogP contribution in [-0.2, 0) is 4.74 Å². The van der Waals surface area contributed by atoms with Crippen LogP contribution in [0.25, 0.3) is 0 Å². The second kappa shape index (κ2) is 10.1. The molecule has 2 N–H and O–H groups in total. The summed E-state index contributed by atoms with van der Waals surface area (Å²) in [6, 6.07) is 2.60. The lowest BCUT2D eigenvalue weighted by atomic mass is 9.92. The Bertz CT molecular complexity index is 710. The van der Waals surface area contributed by atoms with Gasteiger partial charge in [0.15, 0.2) is 5.11 Å². The fraction of sp³-hybridized carbons (Fsp3) is 0.773. The van der Waals surface area contributed by atoms with E-state index in [9.17, 15) is 0 Å². The summed E-state index contributed by atoms with van der Waals surface area (Å²) in [5, 5.41) is 7.39. The van der Waals surface area contributed by atoms with E-state index in [1.165, 1.54) is 38.5 Å². The van der Waals surface area contributed by atoms with Gasteiger partial charge in [0.2, 0.25) is 5.95 Å². The lowest BCUT2D eigenvalue weighted by Gasteiger charge is -2.36. The number of morpholine rings is 1. The topological polar surface area (TPSA) is 65.6 Å². The third kappa shape index (κ3) is 5.72. The van der Waals surface area contributed by atoms with E-state index < -0.39 is 0 Å². The molecule has 3 aliphatic rings. The van der Waals surface area contributed by atoms with Crippen molar-refractivity contribution in [3.05, 3.63) is 6.07 Å². The maximum atomic E-state index is 5.60. The summed E-state index contributed by atoms with van der Waals surface area (Å²) in [6.07, 6.45) is 7.53. The Kier molecular flexibility index (Phi) is 7.25. The largest absolute Gasteiger partial charge is 0.378 e. The Balaban J connectivity index is 1.52. The van der Waals surface area contributed by atoms with Crippen molar-refractivity contribution in [2.24, 2.45) is 11.8 Å². The smallest absolute Gasteiger partial charge is 0.232 e. The van der Waals surface area contributed by atoms with Gasteiger partial charge in [-0.05, 0) is 43.3 Å². The Labute approximate surface area is 186 Å². The van der Waals surface area contributed by atoms with E-state index in [4.69, 9.17) is 26.9 Å². The maximum absolute atomic E-state index is 5.60. The molecule has 4 rings (SSSR count). The van der Waals surface area contributed by atoms with Crippen molar-refractivity contribution >= 4 is 34.9 Å². The van der Waals surface area contributed by atoms with Crippen LogP contribution in [-0.4, -0.2) is 60.5 Å². The van der Waals surface area contributed by atoms with E-state index in [1.54, 1.807) is 0 Å². The third-order valence-corrected chi connectivity index (χ3v) is 6.61. The average Bonchev–Trinajstić information content (AvgIpc) is 2.74. The van der Waals surface area contributed by atoms with Gasteiger partial charge in [0.25, 0.3) is 0 Å². The summed E-state index contributed by atoms with van der Waals surface area (Å²) in [6.45, 7) is 9.91. The number of aromatic nitrogens is 2. The maximum Gasteiger partial charge on any atom is 0.232 e. The highest BCUT2D eigenvalue weighted by molar-refractivity contribution is 7.80. The predicted octanol–water partition coefficient (Wildman–Crippen LogP) is 3.41. The number of hydrogen-bond acceptors (Lipinski definition) is 6. The molecule has 166 valence electrons. The van der Waals surface area contributed by atoms with E-state index in [0.717, 1.165) is 51.0 Å². The molecule has 3 heterocycles. The number of rotatable bonds is 4. The summed E-state index contributed by atoms with van der Waals surface area (Å²) in [5.41, 5.74) is 0. The van der Waals surface area contributed by atoms with Crippen LogP contribution in [0.15, 0.2) is 6.07 Å². The molecular formula is C22H36N6OS. The first-order valence-electron chi connectivity index (χ1n) is 11.6. The van der Waals surface area contributed by atoms with Crippen molar-refractivity contribution in [2.45, 2.75) is 58.4 Å². The van der Waals surface area contributed by atoms with Crippen molar-refractivity contribution < 1.29 is 4.74 Å². The molecule has 3 fully saturated rings. The van der Waals surface area contributed by atoms with Gasteiger partial charge in [0, 0.05) is 38.3 Å². The molecule has 0 unspecified atom stereocenters. The van der Waals surface area contributed by atoms with Crippen LogP contribution >= 0.6 is 12.2 Å². The average molecular weight is 433 g/mol. The Morgan fingerprint density at radius 1 is 1.00 bits per heavy atom. The Hall–Kier alpha value is -1.67. The van der Waals surface area contributed by atoms with Gasteiger partial charge in [-0.2, -0.15) is 9.97 Å². The number of hydrogen-bond donors (Lipinski definition) is 2. The Morgan fingerprint density at radius 3 is 2.30 bits per heavy atom. The highest BCUT2D eigenvalue weighted by Gasteiger charge is 2.25. The highest BCUT2D eigenvalue weighted by Crippen LogP contribution is 2.28. The normalized spacial score (nSPS) is 25.8. The summed E-state index contributed by atoms with van der Waals surface area (Å²) in [5.74, 6) is 3.88. The first-order valence-corrected chi connectivity index (χ1v) is 12.0. The van der Waals surface area contributed by atoms with Crippen LogP contribution in [0.2, 0.25) is 0 Å². The molecule has 0 radical (unpaired) electrons. The molecule has 1 aliphatic carbocycles. The van der Waals surface area contributed by atoms with Gasteiger partial charge in [-0.15, -0.1) is 0 Å². The van der Waals surface area contributed by atoms with E-state index in [0.29, 0.717) is 28.9 Å². The monoisotopic (exact) mass is 432 g/mol. The van der Waals surface area contributed by atoms with Crippen molar-refractivity contribution in [1.82, 2.24) is 15.3 Å². The molecule has 1 aromatic heterocycles. The fourth-order valence-electron chi connectivity index (χ4n) is 5.01. The minimum Gasteiger partial charge on any atom is -0.378 e. The van der Waals surface area contributed by atoms with Crippen LogP contribution in [0, 0.1) is 11.8 Å². The van der Waals surface area contributed by atoms with E-state index >= 15 is 0 Å². The predicted molar refractivity (Wildman–Crippen MR) is 126 cm³/mol. The van der Waals surface area contributed by atoms with Crippen molar-refractivity contribution in [1.29, 1.82) is 0 Å². The van der Waals surface area contributed by atoms with Gasteiger partial charge in [0.1, 0.15) is 11.6 Å². The quantitative estimate of drug-likeness (QED) is 0.702. The van der Waals surface area contributed by atoms with Gasteiger partial charge in [-0.3, -0.25) is 0 Å². The number of piperidine rings is 1. The number of nitrogens with one attached hydrogen (secondary N) is 2. The van der Waals surface area contributed by atoms with Gasteiger partial charge < -0.3 is 25.2 Å². The SMILES string of the molecule is C[C@@H]1C[C@@H](C)CN(c2cc(N3CCOCC3)nc(NC(=S)NC3CCCCC3)n2)C1. The molecule has 2 aliphatic heterocycles. The first kappa shape index (κ1) is 21.6. The fourth-order valence-corrected chi connectivity index (χ4v) is 5.27. The van der Waals surface area contributed by atoms with Crippen LogP contribution in [0.5, 0.6) is 0 Å². The number of nitrogens with zero attached hydrogens (tertiary/aromatic N) is 4. The molecule has 2 saturated heterocycles. The first-order chi connectivity index (χ1) is 14.6. The molecule has 1 saturated carbocycles. The number of anilines is 3. The second-order valence-electron chi connectivity index (χ2n) is 9.29. The minimum absolute atomic E-state index is 0.462. The molecule has 7 nitrogen and oxygen atoms in total. The second-order valence-corrected chi connectivity index (χ2v) is 9.70. The van der Waals surface area contributed by atoms with Crippen molar-refractivity contribution in [3.8, 4) is 0 Å². The van der Waals surface area contributed by atoms with Crippen molar-refractivity contribution in [2.75, 3.05) is 54.5 Å². The van der Waals surface area contributed by atoms with Gasteiger partial charge in [0.05, 0.1) is 13.2 Å².